The molecule has 6 rings (SSSR count). The molecule has 14 heteroatoms. The Morgan fingerprint density at radius 1 is 0.960 bits per heavy atom. The molecular formula is C36H38F2N2O9S. The number of carbonyl (C=O) groups is 1. The third kappa shape index (κ3) is 7.72. The number of benzene rings is 3. The molecular weight excluding hydrogens is 674 g/mol. The number of ether oxygens (including phenoxy) is 5. The van der Waals surface area contributed by atoms with E-state index < -0.39 is 45.6 Å². The summed E-state index contributed by atoms with van der Waals surface area (Å²) >= 11 is 0. The smallest absolute Gasteiger partial charge is 0.417 e. The molecule has 2 atom stereocenters. The summed E-state index contributed by atoms with van der Waals surface area (Å²) in [5.41, 5.74) is 0.0848. The first-order chi connectivity index (χ1) is 23.8. The first-order valence-corrected chi connectivity index (χ1v) is 17.5. The lowest BCUT2D eigenvalue weighted by Crippen LogP contribution is -2.51. The van der Waals surface area contributed by atoms with Gasteiger partial charge < -0.3 is 28.1 Å². The largest absolute Gasteiger partial charge is 0.489 e. The Hall–Kier alpha value is -4.66. The first-order valence-electron chi connectivity index (χ1n) is 16.1. The summed E-state index contributed by atoms with van der Waals surface area (Å²) in [5.74, 6) is -0.410. The van der Waals surface area contributed by atoms with Crippen LogP contribution in [0.5, 0.6) is 23.0 Å². The molecule has 0 aliphatic carbocycles. The molecule has 0 saturated carbocycles. The number of halogens is 2. The molecule has 0 radical (unpaired) electrons. The predicted octanol–water partition coefficient (Wildman–Crippen LogP) is 6.76. The molecule has 3 aromatic carbocycles. The number of fused-ring (bicyclic) bond motifs is 1. The maximum Gasteiger partial charge on any atom is 0.417 e. The van der Waals surface area contributed by atoms with Gasteiger partial charge in [-0.05, 0) is 73.7 Å². The average Bonchev–Trinajstić information content (AvgIpc) is 3.81. The maximum atomic E-state index is 14.2. The van der Waals surface area contributed by atoms with Crippen LogP contribution >= 0.6 is 0 Å². The van der Waals surface area contributed by atoms with Crippen LogP contribution in [-0.4, -0.2) is 61.5 Å². The molecule has 2 aliphatic rings. The normalized spacial score (nSPS) is 18.2. The van der Waals surface area contributed by atoms with Crippen molar-refractivity contribution < 1.29 is 50.1 Å². The van der Waals surface area contributed by atoms with Crippen LogP contribution in [0.4, 0.5) is 13.6 Å². The zero-order chi connectivity index (χ0) is 35.6. The Balaban J connectivity index is 1.27. The minimum atomic E-state index is -4.05. The fourth-order valence-corrected chi connectivity index (χ4v) is 7.72. The number of sulfonamides is 1. The number of carbonyl (C=O) groups excluding carboxylic acids is 1. The molecule has 50 heavy (non-hydrogen) atoms. The van der Waals surface area contributed by atoms with Crippen LogP contribution in [0.1, 0.15) is 38.8 Å². The van der Waals surface area contributed by atoms with Gasteiger partial charge in [0.05, 0.1) is 23.3 Å². The molecule has 1 saturated heterocycles. The van der Waals surface area contributed by atoms with Crippen molar-refractivity contribution in [2.24, 2.45) is 5.92 Å². The van der Waals surface area contributed by atoms with E-state index in [9.17, 15) is 22.0 Å². The summed E-state index contributed by atoms with van der Waals surface area (Å²) < 4.78 is 90.5. The molecule has 0 unspecified atom stereocenters. The van der Waals surface area contributed by atoms with Crippen LogP contribution in [-0.2, 0) is 27.8 Å². The maximum absolute atomic E-state index is 14.2. The molecule has 0 bridgehead atoms. The molecule has 0 N–H and O–H groups in total. The van der Waals surface area contributed by atoms with Crippen LogP contribution in [0.25, 0.3) is 0 Å². The zero-order valence-corrected chi connectivity index (χ0v) is 28.8. The van der Waals surface area contributed by atoms with E-state index in [1.807, 2.05) is 26.0 Å². The summed E-state index contributed by atoms with van der Waals surface area (Å²) in [7, 11) is -4.05. The van der Waals surface area contributed by atoms with Crippen molar-refractivity contribution in [3.8, 4) is 23.0 Å². The van der Waals surface area contributed by atoms with Gasteiger partial charge in [-0.2, -0.15) is 4.31 Å². The van der Waals surface area contributed by atoms with Gasteiger partial charge in [-0.3, -0.25) is 4.90 Å². The van der Waals surface area contributed by atoms with E-state index in [0.717, 1.165) is 17.7 Å². The molecule has 0 spiro atoms. The van der Waals surface area contributed by atoms with Crippen LogP contribution in [0.2, 0.25) is 0 Å². The van der Waals surface area contributed by atoms with Crippen LogP contribution < -0.4 is 18.9 Å². The molecule has 11 nitrogen and oxygen atoms in total. The zero-order valence-electron chi connectivity index (χ0n) is 28.0. The second kappa shape index (κ2) is 14.3. The average molecular weight is 713 g/mol. The molecule has 3 heterocycles. The fourth-order valence-electron chi connectivity index (χ4n) is 6.09. The second-order valence-electron chi connectivity index (χ2n) is 13.0. The predicted molar refractivity (Wildman–Crippen MR) is 176 cm³/mol. The van der Waals surface area contributed by atoms with Crippen molar-refractivity contribution in [1.82, 2.24) is 9.21 Å². The van der Waals surface area contributed by atoms with Crippen molar-refractivity contribution in [1.29, 1.82) is 0 Å². The van der Waals surface area contributed by atoms with E-state index in [4.69, 9.17) is 28.1 Å². The first kappa shape index (κ1) is 35.2. The van der Waals surface area contributed by atoms with Gasteiger partial charge in [0.25, 0.3) is 0 Å². The highest BCUT2D eigenvalue weighted by Gasteiger charge is 2.52. The highest BCUT2D eigenvalue weighted by Crippen LogP contribution is 2.38. The molecule has 1 amide bonds. The van der Waals surface area contributed by atoms with Gasteiger partial charge in [-0.15, -0.1) is 0 Å². The summed E-state index contributed by atoms with van der Waals surface area (Å²) in [4.78, 5) is 15.3. The lowest BCUT2D eigenvalue weighted by atomic mass is 10.00. The SMILES string of the molecule is CC(C)CN(C[C@H]1OC(C)(C)N(C(=O)Oc2ccoc2)[C@H]1Cc1ccc(OCc2ccc(F)c(F)c2)cc1)S(=O)(=O)c1ccc2c(c1)OCO2. The summed E-state index contributed by atoms with van der Waals surface area (Å²) in [6.45, 7) is 7.46. The third-order valence-electron chi connectivity index (χ3n) is 8.37. The van der Waals surface area contributed by atoms with Crippen LogP contribution in [0, 0.1) is 17.6 Å². The topological polar surface area (TPSA) is 117 Å². The van der Waals surface area contributed by atoms with E-state index in [-0.39, 0.29) is 49.5 Å². The van der Waals surface area contributed by atoms with Gasteiger partial charge in [0.2, 0.25) is 16.8 Å². The van der Waals surface area contributed by atoms with Crippen LogP contribution in [0.15, 0.2) is 88.6 Å². The van der Waals surface area contributed by atoms with Crippen molar-refractivity contribution in [2.75, 3.05) is 19.9 Å². The molecule has 4 aromatic rings. The van der Waals surface area contributed by atoms with Gasteiger partial charge >= 0.3 is 6.09 Å². The second-order valence-corrected chi connectivity index (χ2v) is 14.9. The van der Waals surface area contributed by atoms with E-state index in [1.165, 1.54) is 46.0 Å². The Kier molecular flexibility index (Phi) is 10.1. The minimum absolute atomic E-state index is 0.00725. The summed E-state index contributed by atoms with van der Waals surface area (Å²) in [6.07, 6.45) is 1.50. The van der Waals surface area contributed by atoms with Gasteiger partial charge in [0, 0.05) is 25.2 Å². The Labute approximate surface area is 289 Å². The van der Waals surface area contributed by atoms with Crippen molar-refractivity contribution in [3.05, 3.63) is 102 Å². The number of amides is 1. The van der Waals surface area contributed by atoms with E-state index in [2.05, 4.69) is 0 Å². The molecule has 2 aliphatic heterocycles. The highest BCUT2D eigenvalue weighted by atomic mass is 32.2. The number of hydrogen-bond acceptors (Lipinski definition) is 9. The van der Waals surface area contributed by atoms with E-state index in [1.54, 1.807) is 32.0 Å². The van der Waals surface area contributed by atoms with Crippen molar-refractivity contribution in [3.63, 3.8) is 0 Å². The van der Waals surface area contributed by atoms with Gasteiger partial charge in [0.15, 0.2) is 28.9 Å². The van der Waals surface area contributed by atoms with E-state index >= 15 is 0 Å². The fraction of sp³-hybridized carbons (Fsp3) is 0.361. The number of nitrogens with zero attached hydrogens (tertiary/aromatic N) is 2. The van der Waals surface area contributed by atoms with Crippen LogP contribution in [0.3, 0.4) is 0 Å². The number of furan rings is 1. The summed E-state index contributed by atoms with van der Waals surface area (Å²) in [6, 6.07) is 16.0. The molecule has 266 valence electrons. The lowest BCUT2D eigenvalue weighted by molar-refractivity contribution is -0.0681. The highest BCUT2D eigenvalue weighted by molar-refractivity contribution is 7.89. The Morgan fingerprint density at radius 2 is 1.70 bits per heavy atom. The summed E-state index contributed by atoms with van der Waals surface area (Å²) in [5, 5.41) is 0. The number of hydrogen-bond donors (Lipinski definition) is 0. The monoisotopic (exact) mass is 712 g/mol. The Bertz CT molecular complexity index is 1920. The van der Waals surface area contributed by atoms with Crippen molar-refractivity contribution in [2.45, 2.75) is 63.5 Å². The standard InChI is InChI=1S/C36H38F2N2O9S/c1-23(2)18-39(50(42,43)28-10-12-32-33(17-28)47-22-46-32)19-34-31(40(36(3,4)49-34)35(41)48-27-13-14-44-21-27)16-24-5-8-26(9-6-24)45-20-25-7-11-29(37)30(38)15-25/h5-15,17,21,23,31,34H,16,18-20,22H2,1-4H3/t31-,34+/m0/s1. The lowest BCUT2D eigenvalue weighted by Gasteiger charge is -2.33. The Morgan fingerprint density at radius 3 is 2.40 bits per heavy atom. The quantitative estimate of drug-likeness (QED) is 0.157. The van der Waals surface area contributed by atoms with E-state index in [0.29, 0.717) is 22.8 Å². The molecule has 1 aromatic heterocycles. The third-order valence-corrected chi connectivity index (χ3v) is 10.2. The molecule has 1 fully saturated rings. The van der Waals surface area contributed by atoms with Crippen molar-refractivity contribution >= 4 is 16.1 Å². The van der Waals surface area contributed by atoms with Gasteiger partial charge in [-0.25, -0.2) is 22.0 Å². The van der Waals surface area contributed by atoms with Gasteiger partial charge in [0.1, 0.15) is 24.3 Å². The minimum Gasteiger partial charge on any atom is -0.489 e. The van der Waals surface area contributed by atoms with Gasteiger partial charge in [-0.1, -0.05) is 32.0 Å². The number of rotatable bonds is 12.